The third kappa shape index (κ3) is 15.0. The minimum atomic E-state index is -0.897. The lowest BCUT2D eigenvalue weighted by Crippen LogP contribution is -2.38. The number of rotatable bonds is 17. The highest BCUT2D eigenvalue weighted by atomic mass is 16.6. The second-order valence-corrected chi connectivity index (χ2v) is 8.76. The van der Waals surface area contributed by atoms with Crippen molar-refractivity contribution in [1.29, 1.82) is 0 Å². The summed E-state index contributed by atoms with van der Waals surface area (Å²) in [6.07, 6.45) is 11.5. The molecule has 0 fully saturated rings. The number of ether oxygens (including phenoxy) is 3. The summed E-state index contributed by atoms with van der Waals surface area (Å²) in [6, 6.07) is 0. The van der Waals surface area contributed by atoms with Crippen molar-refractivity contribution < 1.29 is 19.0 Å². The molecule has 2 unspecified atom stereocenters. The molecule has 0 spiro atoms. The van der Waals surface area contributed by atoms with E-state index < -0.39 is 5.60 Å². The van der Waals surface area contributed by atoms with E-state index >= 15 is 0 Å². The van der Waals surface area contributed by atoms with Crippen molar-refractivity contribution in [3.05, 3.63) is 0 Å². The van der Waals surface area contributed by atoms with Gasteiger partial charge < -0.3 is 14.2 Å². The lowest BCUT2D eigenvalue weighted by Gasteiger charge is -2.24. The SMILES string of the molecule is CCCCCC(C)CCCCCCOC(C)(C)C(=O)OCC(C)OC(C)C. The topological polar surface area (TPSA) is 44.8 Å². The van der Waals surface area contributed by atoms with E-state index in [2.05, 4.69) is 13.8 Å². The number of carbonyl (C=O) groups is 1. The van der Waals surface area contributed by atoms with E-state index in [0.29, 0.717) is 6.61 Å². The number of hydrogen-bond donors (Lipinski definition) is 0. The summed E-state index contributed by atoms with van der Waals surface area (Å²) in [4.78, 5) is 12.2. The third-order valence-corrected chi connectivity index (χ3v) is 4.80. The molecule has 0 saturated heterocycles. The molecular weight excluding hydrogens is 340 g/mol. The summed E-state index contributed by atoms with van der Waals surface area (Å²) in [7, 11) is 0. The van der Waals surface area contributed by atoms with Crippen LogP contribution in [0.3, 0.4) is 0 Å². The Balaban J connectivity index is 3.75. The van der Waals surface area contributed by atoms with E-state index in [1.54, 1.807) is 13.8 Å². The van der Waals surface area contributed by atoms with Crippen molar-refractivity contribution in [2.45, 2.75) is 124 Å². The average molecular weight is 387 g/mol. The van der Waals surface area contributed by atoms with Gasteiger partial charge in [-0.05, 0) is 47.0 Å². The van der Waals surface area contributed by atoms with Gasteiger partial charge in [-0.3, -0.25) is 0 Å². The average Bonchev–Trinajstić information content (AvgIpc) is 2.58. The lowest BCUT2D eigenvalue weighted by atomic mass is 9.97. The third-order valence-electron chi connectivity index (χ3n) is 4.80. The van der Waals surface area contributed by atoms with E-state index in [1.165, 1.54) is 44.9 Å². The zero-order valence-corrected chi connectivity index (χ0v) is 19.1. The second kappa shape index (κ2) is 15.3. The molecule has 0 bridgehead atoms. The van der Waals surface area contributed by atoms with Gasteiger partial charge in [-0.1, -0.05) is 65.2 Å². The van der Waals surface area contributed by atoms with E-state index in [9.17, 15) is 4.79 Å². The predicted molar refractivity (Wildman–Crippen MR) is 113 cm³/mol. The number of carbonyl (C=O) groups excluding carboxylic acids is 1. The minimum absolute atomic E-state index is 0.103. The summed E-state index contributed by atoms with van der Waals surface area (Å²) in [5, 5.41) is 0. The van der Waals surface area contributed by atoms with Gasteiger partial charge in [0.25, 0.3) is 0 Å². The smallest absolute Gasteiger partial charge is 0.337 e. The van der Waals surface area contributed by atoms with Gasteiger partial charge in [0.2, 0.25) is 0 Å². The highest BCUT2D eigenvalue weighted by Crippen LogP contribution is 2.18. The van der Waals surface area contributed by atoms with Crippen molar-refractivity contribution >= 4 is 5.97 Å². The molecule has 0 aliphatic carbocycles. The fourth-order valence-electron chi connectivity index (χ4n) is 3.09. The number of hydrogen-bond acceptors (Lipinski definition) is 4. The maximum Gasteiger partial charge on any atom is 0.337 e. The van der Waals surface area contributed by atoms with Gasteiger partial charge in [-0.15, -0.1) is 0 Å². The molecule has 0 aliphatic rings. The maximum atomic E-state index is 12.2. The second-order valence-electron chi connectivity index (χ2n) is 8.76. The van der Waals surface area contributed by atoms with Crippen LogP contribution in [-0.4, -0.2) is 37.0 Å². The molecule has 0 aliphatic heterocycles. The monoisotopic (exact) mass is 386 g/mol. The van der Waals surface area contributed by atoms with Crippen LogP contribution in [0.4, 0.5) is 0 Å². The molecule has 0 amide bonds. The highest BCUT2D eigenvalue weighted by Gasteiger charge is 2.30. The summed E-state index contributed by atoms with van der Waals surface area (Å²) in [5.41, 5.74) is -0.897. The lowest BCUT2D eigenvalue weighted by molar-refractivity contribution is -0.172. The molecule has 162 valence electrons. The van der Waals surface area contributed by atoms with Crippen molar-refractivity contribution in [3.63, 3.8) is 0 Å². The van der Waals surface area contributed by atoms with Gasteiger partial charge in [0.15, 0.2) is 5.60 Å². The molecule has 0 N–H and O–H groups in total. The molecule has 0 heterocycles. The molecule has 4 heteroatoms. The van der Waals surface area contributed by atoms with E-state index in [4.69, 9.17) is 14.2 Å². The molecule has 0 aromatic carbocycles. The number of esters is 1. The Kier molecular flexibility index (Phi) is 15.0. The molecule has 0 rings (SSSR count). The molecular formula is C23H46O4. The highest BCUT2D eigenvalue weighted by molar-refractivity contribution is 5.78. The molecule has 27 heavy (non-hydrogen) atoms. The van der Waals surface area contributed by atoms with Gasteiger partial charge in [0.1, 0.15) is 6.61 Å². The Bertz CT molecular complexity index is 365. The van der Waals surface area contributed by atoms with Crippen LogP contribution in [0.1, 0.15) is 106 Å². The largest absolute Gasteiger partial charge is 0.461 e. The first kappa shape index (κ1) is 26.4. The van der Waals surface area contributed by atoms with Crippen LogP contribution in [0, 0.1) is 5.92 Å². The Hall–Kier alpha value is -0.610. The van der Waals surface area contributed by atoms with Gasteiger partial charge in [-0.25, -0.2) is 4.79 Å². The summed E-state index contributed by atoms with van der Waals surface area (Å²) in [5.74, 6) is 0.534. The zero-order chi connectivity index (χ0) is 20.7. The number of unbranched alkanes of at least 4 members (excludes halogenated alkanes) is 5. The van der Waals surface area contributed by atoms with Crippen LogP contribution >= 0.6 is 0 Å². The molecule has 0 radical (unpaired) electrons. The standard InChI is InChI=1S/C23H46O4/c1-8-9-12-15-20(4)16-13-10-11-14-17-26-23(6,7)22(24)25-18-21(5)27-19(2)3/h19-21H,8-18H2,1-7H3. The van der Waals surface area contributed by atoms with Crippen LogP contribution in [0.15, 0.2) is 0 Å². The first-order chi connectivity index (χ1) is 12.7. The summed E-state index contributed by atoms with van der Waals surface area (Å²) in [6.45, 7) is 14.9. The van der Waals surface area contributed by atoms with E-state index in [0.717, 1.165) is 18.8 Å². The molecule has 2 atom stereocenters. The van der Waals surface area contributed by atoms with E-state index in [-0.39, 0.29) is 24.8 Å². The summed E-state index contributed by atoms with van der Waals surface area (Å²) < 4.78 is 16.7. The molecule has 4 nitrogen and oxygen atoms in total. The van der Waals surface area contributed by atoms with E-state index in [1.807, 2.05) is 20.8 Å². The fourth-order valence-corrected chi connectivity index (χ4v) is 3.09. The molecule has 0 aromatic rings. The quantitative estimate of drug-likeness (QED) is 0.217. The predicted octanol–water partition coefficient (Wildman–Crippen LogP) is 6.31. The Morgan fingerprint density at radius 3 is 2.07 bits per heavy atom. The van der Waals surface area contributed by atoms with Crippen molar-refractivity contribution in [1.82, 2.24) is 0 Å². The van der Waals surface area contributed by atoms with Crippen LogP contribution in [-0.2, 0) is 19.0 Å². The normalized spacial score (nSPS) is 14.4. The van der Waals surface area contributed by atoms with Crippen molar-refractivity contribution in [2.24, 2.45) is 5.92 Å². The van der Waals surface area contributed by atoms with Crippen LogP contribution in [0.2, 0.25) is 0 Å². The van der Waals surface area contributed by atoms with Gasteiger partial charge in [0, 0.05) is 6.61 Å². The Morgan fingerprint density at radius 2 is 1.48 bits per heavy atom. The summed E-state index contributed by atoms with van der Waals surface area (Å²) >= 11 is 0. The van der Waals surface area contributed by atoms with Crippen molar-refractivity contribution in [3.8, 4) is 0 Å². The fraction of sp³-hybridized carbons (Fsp3) is 0.957. The maximum absolute atomic E-state index is 12.2. The van der Waals surface area contributed by atoms with Gasteiger partial charge >= 0.3 is 5.97 Å². The van der Waals surface area contributed by atoms with Gasteiger partial charge in [0.05, 0.1) is 12.2 Å². The van der Waals surface area contributed by atoms with Crippen molar-refractivity contribution in [2.75, 3.05) is 13.2 Å². The molecule has 0 aromatic heterocycles. The Morgan fingerprint density at radius 1 is 0.889 bits per heavy atom. The van der Waals surface area contributed by atoms with Crippen LogP contribution < -0.4 is 0 Å². The zero-order valence-electron chi connectivity index (χ0n) is 19.1. The van der Waals surface area contributed by atoms with Gasteiger partial charge in [-0.2, -0.15) is 0 Å². The van der Waals surface area contributed by atoms with Crippen LogP contribution in [0.5, 0.6) is 0 Å². The molecule has 0 saturated carbocycles. The first-order valence-electron chi connectivity index (χ1n) is 11.2. The minimum Gasteiger partial charge on any atom is -0.461 e. The first-order valence-corrected chi connectivity index (χ1v) is 11.2. The van der Waals surface area contributed by atoms with Crippen LogP contribution in [0.25, 0.3) is 0 Å². The Labute approximate surface area is 168 Å².